The van der Waals surface area contributed by atoms with Gasteiger partial charge in [-0.1, -0.05) is 36.4 Å². The minimum Gasteiger partial charge on any atom is -0.383 e. The summed E-state index contributed by atoms with van der Waals surface area (Å²) >= 11 is 0. The van der Waals surface area contributed by atoms with Gasteiger partial charge in [-0.3, -0.25) is 0 Å². The van der Waals surface area contributed by atoms with Gasteiger partial charge < -0.3 is 5.73 Å². The highest BCUT2D eigenvalue weighted by atomic mass is 15.0. The third kappa shape index (κ3) is 1.93. The van der Waals surface area contributed by atoms with Gasteiger partial charge in [0.25, 0.3) is 0 Å². The van der Waals surface area contributed by atoms with Crippen molar-refractivity contribution in [2.45, 2.75) is 13.8 Å². The number of aryl methyl sites for hydroxylation is 1. The molecule has 0 spiro atoms. The smallest absolute Gasteiger partial charge is 0.162 e. The summed E-state index contributed by atoms with van der Waals surface area (Å²) in [5.74, 6) is 1.24. The first-order valence-corrected chi connectivity index (χ1v) is 6.25. The molecule has 3 nitrogen and oxygen atoms in total. The molecule has 3 rings (SSSR count). The van der Waals surface area contributed by atoms with Gasteiger partial charge >= 0.3 is 0 Å². The maximum Gasteiger partial charge on any atom is 0.162 e. The molecular weight excluding hydrogens is 234 g/mol. The summed E-state index contributed by atoms with van der Waals surface area (Å²) in [5.41, 5.74) is 11.2. The summed E-state index contributed by atoms with van der Waals surface area (Å²) in [5, 5.41) is 0. The molecule has 1 aliphatic heterocycles. The lowest BCUT2D eigenvalue weighted by Crippen LogP contribution is -2.09. The molecule has 94 valence electrons. The Morgan fingerprint density at radius 2 is 1.68 bits per heavy atom. The van der Waals surface area contributed by atoms with Gasteiger partial charge in [-0.2, -0.15) is 0 Å². The molecule has 0 aromatic heterocycles. The van der Waals surface area contributed by atoms with Gasteiger partial charge in [-0.15, -0.1) is 0 Å². The molecule has 2 aromatic carbocycles. The lowest BCUT2D eigenvalue weighted by Gasteiger charge is -2.04. The van der Waals surface area contributed by atoms with E-state index in [4.69, 9.17) is 5.73 Å². The number of benzene rings is 2. The van der Waals surface area contributed by atoms with Crippen LogP contribution < -0.4 is 5.73 Å². The predicted octanol–water partition coefficient (Wildman–Crippen LogP) is 3.10. The van der Waals surface area contributed by atoms with Crippen molar-refractivity contribution < 1.29 is 0 Å². The fraction of sp³-hybridized carbons (Fsp3) is 0.125. The molecule has 2 aromatic rings. The number of hydrogen-bond donors (Lipinski definition) is 1. The van der Waals surface area contributed by atoms with E-state index in [1.54, 1.807) is 0 Å². The van der Waals surface area contributed by atoms with Crippen LogP contribution in [0, 0.1) is 13.8 Å². The molecule has 0 fully saturated rings. The zero-order valence-electron chi connectivity index (χ0n) is 11.0. The summed E-state index contributed by atoms with van der Waals surface area (Å²) in [6, 6.07) is 14.0. The van der Waals surface area contributed by atoms with Crippen molar-refractivity contribution in [1.29, 1.82) is 0 Å². The van der Waals surface area contributed by atoms with Crippen molar-refractivity contribution in [2.75, 3.05) is 0 Å². The first-order chi connectivity index (χ1) is 9.16. The fourth-order valence-electron chi connectivity index (χ4n) is 2.19. The van der Waals surface area contributed by atoms with Crippen LogP contribution in [0.3, 0.4) is 0 Å². The van der Waals surface area contributed by atoms with Crippen molar-refractivity contribution in [3.05, 3.63) is 64.7 Å². The van der Waals surface area contributed by atoms with Crippen LogP contribution in [-0.2, 0) is 0 Å². The predicted molar refractivity (Wildman–Crippen MR) is 79.3 cm³/mol. The van der Waals surface area contributed by atoms with E-state index in [9.17, 15) is 0 Å². The maximum absolute atomic E-state index is 5.93. The molecule has 0 saturated carbocycles. The third-order valence-electron chi connectivity index (χ3n) is 3.47. The largest absolute Gasteiger partial charge is 0.383 e. The van der Waals surface area contributed by atoms with Crippen LogP contribution in [0.25, 0.3) is 0 Å². The monoisotopic (exact) mass is 249 g/mol. The molecule has 0 radical (unpaired) electrons. The Morgan fingerprint density at radius 3 is 2.47 bits per heavy atom. The summed E-state index contributed by atoms with van der Waals surface area (Å²) in [7, 11) is 0. The van der Waals surface area contributed by atoms with E-state index < -0.39 is 0 Å². The SMILES string of the molecule is Cc1cccc(N=C2N=C(N)c3ccccc32)c1C. The Kier molecular flexibility index (Phi) is 2.67. The highest BCUT2D eigenvalue weighted by Crippen LogP contribution is 2.25. The van der Waals surface area contributed by atoms with Crippen LogP contribution in [0.5, 0.6) is 0 Å². The van der Waals surface area contributed by atoms with E-state index in [1.807, 2.05) is 36.4 Å². The molecule has 0 amide bonds. The zero-order valence-corrected chi connectivity index (χ0v) is 11.0. The summed E-state index contributed by atoms with van der Waals surface area (Å²) in [6.07, 6.45) is 0. The molecule has 3 heteroatoms. The van der Waals surface area contributed by atoms with Crippen molar-refractivity contribution >= 4 is 17.4 Å². The number of rotatable bonds is 1. The molecule has 0 atom stereocenters. The van der Waals surface area contributed by atoms with Gasteiger partial charge in [0.15, 0.2) is 5.84 Å². The van der Waals surface area contributed by atoms with E-state index in [0.717, 1.165) is 16.8 Å². The number of hydrogen-bond acceptors (Lipinski definition) is 2. The average Bonchev–Trinajstić information content (AvgIpc) is 2.73. The lowest BCUT2D eigenvalue weighted by atomic mass is 10.1. The topological polar surface area (TPSA) is 50.7 Å². The molecule has 0 aliphatic carbocycles. The zero-order chi connectivity index (χ0) is 13.4. The van der Waals surface area contributed by atoms with E-state index in [2.05, 4.69) is 29.9 Å². The Bertz CT molecular complexity index is 712. The van der Waals surface area contributed by atoms with Gasteiger partial charge in [0, 0.05) is 11.1 Å². The van der Waals surface area contributed by atoms with Crippen molar-refractivity contribution in [1.82, 2.24) is 0 Å². The minimum absolute atomic E-state index is 0.541. The Labute approximate surface area is 112 Å². The molecule has 0 saturated heterocycles. The van der Waals surface area contributed by atoms with E-state index in [0.29, 0.717) is 11.7 Å². The van der Waals surface area contributed by atoms with Crippen molar-refractivity contribution in [3.63, 3.8) is 0 Å². The molecular formula is C16H15N3. The summed E-state index contributed by atoms with van der Waals surface area (Å²) in [4.78, 5) is 9.03. The highest BCUT2D eigenvalue weighted by molar-refractivity contribution is 6.22. The van der Waals surface area contributed by atoms with Gasteiger partial charge in [0.05, 0.1) is 5.69 Å². The van der Waals surface area contributed by atoms with Crippen LogP contribution >= 0.6 is 0 Å². The number of nitrogens with zero attached hydrogens (tertiary/aromatic N) is 2. The van der Waals surface area contributed by atoms with Crippen LogP contribution in [-0.4, -0.2) is 11.7 Å². The van der Waals surface area contributed by atoms with Crippen molar-refractivity contribution in [2.24, 2.45) is 15.7 Å². The molecule has 2 N–H and O–H groups in total. The Balaban J connectivity index is 2.14. The minimum atomic E-state index is 0.541. The first-order valence-electron chi connectivity index (χ1n) is 6.25. The Morgan fingerprint density at radius 1 is 0.947 bits per heavy atom. The van der Waals surface area contributed by atoms with Crippen LogP contribution in [0.1, 0.15) is 22.3 Å². The second-order valence-electron chi connectivity index (χ2n) is 4.70. The van der Waals surface area contributed by atoms with Crippen LogP contribution in [0.15, 0.2) is 52.4 Å². The van der Waals surface area contributed by atoms with Gasteiger partial charge in [0.1, 0.15) is 5.84 Å². The average molecular weight is 249 g/mol. The number of aliphatic imine (C=N–C) groups is 2. The summed E-state index contributed by atoms with van der Waals surface area (Å²) in [6.45, 7) is 4.15. The standard InChI is InChI=1S/C16H15N3/c1-10-6-5-9-14(11(10)2)18-16-13-8-4-3-7-12(13)15(17)19-16/h3-9H,1-2H3,(H2,17,18,19). The second-order valence-corrected chi connectivity index (χ2v) is 4.70. The third-order valence-corrected chi connectivity index (χ3v) is 3.47. The molecule has 1 aliphatic rings. The number of nitrogens with two attached hydrogens (primary N) is 1. The Hall–Kier alpha value is -2.42. The highest BCUT2D eigenvalue weighted by Gasteiger charge is 2.18. The van der Waals surface area contributed by atoms with E-state index >= 15 is 0 Å². The van der Waals surface area contributed by atoms with Gasteiger partial charge in [-0.25, -0.2) is 9.98 Å². The molecule has 1 heterocycles. The van der Waals surface area contributed by atoms with Gasteiger partial charge in [-0.05, 0) is 31.0 Å². The molecule has 0 unspecified atom stereocenters. The quantitative estimate of drug-likeness (QED) is 0.829. The maximum atomic E-state index is 5.93. The van der Waals surface area contributed by atoms with E-state index in [1.165, 1.54) is 11.1 Å². The molecule has 19 heavy (non-hydrogen) atoms. The number of amidine groups is 2. The van der Waals surface area contributed by atoms with Gasteiger partial charge in [0.2, 0.25) is 0 Å². The number of fused-ring (bicyclic) bond motifs is 1. The summed E-state index contributed by atoms with van der Waals surface area (Å²) < 4.78 is 0. The normalized spacial score (nSPS) is 15.5. The van der Waals surface area contributed by atoms with Crippen LogP contribution in [0.4, 0.5) is 5.69 Å². The lowest BCUT2D eigenvalue weighted by molar-refractivity contribution is 1.30. The molecule has 0 bridgehead atoms. The fourth-order valence-corrected chi connectivity index (χ4v) is 2.19. The van der Waals surface area contributed by atoms with Crippen LogP contribution in [0.2, 0.25) is 0 Å². The first kappa shape index (κ1) is 11.7. The van der Waals surface area contributed by atoms with E-state index in [-0.39, 0.29) is 0 Å². The second kappa shape index (κ2) is 4.35. The van der Waals surface area contributed by atoms with Crippen molar-refractivity contribution in [3.8, 4) is 0 Å².